The van der Waals surface area contributed by atoms with E-state index < -0.39 is 36.2 Å². The van der Waals surface area contributed by atoms with Crippen LogP contribution >= 0.6 is 0 Å². The first-order chi connectivity index (χ1) is 12.4. The zero-order valence-electron chi connectivity index (χ0n) is 14.3. The number of methoxy groups -OCH3 is 1. The Hall–Kier alpha value is -2.76. The number of ether oxygens (including phenoxy) is 1. The largest absolute Gasteiger partial charge is 0.469 e. The second-order valence-corrected chi connectivity index (χ2v) is 6.31. The first-order valence-corrected chi connectivity index (χ1v) is 8.29. The van der Waals surface area contributed by atoms with E-state index in [1.54, 1.807) is 54.6 Å². The van der Waals surface area contributed by atoms with Gasteiger partial charge in [-0.1, -0.05) is 60.7 Å². The molecule has 2 aromatic rings. The lowest BCUT2D eigenvalue weighted by molar-refractivity contribution is -0.182. The van der Waals surface area contributed by atoms with E-state index >= 15 is 0 Å². The van der Waals surface area contributed by atoms with Gasteiger partial charge in [0.15, 0.2) is 0 Å². The molecule has 1 saturated heterocycles. The van der Waals surface area contributed by atoms with Crippen LogP contribution in [-0.2, 0) is 20.9 Å². The van der Waals surface area contributed by atoms with Crippen LogP contribution in [0.5, 0.6) is 0 Å². The molecule has 0 aliphatic carbocycles. The maximum Gasteiger partial charge on any atom is 0.325 e. The third kappa shape index (κ3) is 3.45. The third-order valence-corrected chi connectivity index (χ3v) is 4.61. The van der Waals surface area contributed by atoms with E-state index in [0.29, 0.717) is 11.1 Å². The number of benzene rings is 2. The van der Waals surface area contributed by atoms with Crippen molar-refractivity contribution >= 4 is 11.9 Å². The smallest absolute Gasteiger partial charge is 0.325 e. The molecule has 6 heteroatoms. The number of rotatable bonds is 4. The maximum absolute atomic E-state index is 14.4. The summed E-state index contributed by atoms with van der Waals surface area (Å²) in [5, 5.41) is 0. The molecule has 1 aliphatic rings. The minimum Gasteiger partial charge on any atom is -0.469 e. The van der Waals surface area contributed by atoms with Crippen LogP contribution in [0.4, 0.5) is 8.78 Å². The number of amides is 1. The SMILES string of the molecule is COC(=O)[C@H]1CC(F)(F)C(=O)N(Cc2ccccc2)[C@@H]1c1ccccc1. The van der Waals surface area contributed by atoms with Crippen molar-refractivity contribution in [2.24, 2.45) is 5.92 Å². The van der Waals surface area contributed by atoms with Gasteiger partial charge in [-0.2, -0.15) is 8.78 Å². The number of carbonyl (C=O) groups excluding carboxylic acids is 2. The molecular weight excluding hydrogens is 340 g/mol. The van der Waals surface area contributed by atoms with Crippen LogP contribution in [0.25, 0.3) is 0 Å². The molecule has 1 amide bonds. The third-order valence-electron chi connectivity index (χ3n) is 4.61. The average molecular weight is 359 g/mol. The Bertz CT molecular complexity index is 780. The van der Waals surface area contributed by atoms with E-state index in [9.17, 15) is 18.4 Å². The summed E-state index contributed by atoms with van der Waals surface area (Å²) in [5.74, 6) is -6.77. The normalized spacial score (nSPS) is 22.1. The molecule has 1 heterocycles. The van der Waals surface area contributed by atoms with Gasteiger partial charge in [-0.15, -0.1) is 0 Å². The molecule has 0 unspecified atom stereocenters. The first-order valence-electron chi connectivity index (χ1n) is 8.29. The molecule has 1 aliphatic heterocycles. The minimum atomic E-state index is -3.61. The summed E-state index contributed by atoms with van der Waals surface area (Å²) in [5.41, 5.74) is 1.34. The highest BCUT2D eigenvalue weighted by atomic mass is 19.3. The predicted molar refractivity (Wildman–Crippen MR) is 91.2 cm³/mol. The van der Waals surface area contributed by atoms with Crippen molar-refractivity contribution in [2.75, 3.05) is 7.11 Å². The van der Waals surface area contributed by atoms with Crippen LogP contribution in [0, 0.1) is 5.92 Å². The molecule has 0 N–H and O–H groups in total. The van der Waals surface area contributed by atoms with Crippen LogP contribution in [0.3, 0.4) is 0 Å². The predicted octanol–water partition coefficient (Wildman–Crippen LogP) is 3.58. The Kier molecular flexibility index (Phi) is 5.02. The van der Waals surface area contributed by atoms with Gasteiger partial charge < -0.3 is 9.64 Å². The van der Waals surface area contributed by atoms with E-state index in [0.717, 1.165) is 4.90 Å². The van der Waals surface area contributed by atoms with Crippen molar-refractivity contribution in [3.8, 4) is 0 Å². The topological polar surface area (TPSA) is 46.6 Å². The summed E-state index contributed by atoms with van der Waals surface area (Å²) < 4.78 is 33.5. The van der Waals surface area contributed by atoms with E-state index in [2.05, 4.69) is 0 Å². The molecule has 136 valence electrons. The summed E-state index contributed by atoms with van der Waals surface area (Å²) in [6, 6.07) is 16.8. The fourth-order valence-electron chi connectivity index (χ4n) is 3.41. The van der Waals surface area contributed by atoms with Gasteiger partial charge in [0.1, 0.15) is 0 Å². The van der Waals surface area contributed by atoms with Gasteiger partial charge in [0.05, 0.1) is 19.1 Å². The van der Waals surface area contributed by atoms with Crippen molar-refractivity contribution in [2.45, 2.75) is 24.9 Å². The molecule has 0 spiro atoms. The molecule has 3 rings (SSSR count). The lowest BCUT2D eigenvalue weighted by atomic mass is 9.82. The van der Waals surface area contributed by atoms with Crippen LogP contribution in [-0.4, -0.2) is 29.8 Å². The monoisotopic (exact) mass is 359 g/mol. The van der Waals surface area contributed by atoms with E-state index in [-0.39, 0.29) is 6.54 Å². The van der Waals surface area contributed by atoms with Crippen LogP contribution in [0.15, 0.2) is 60.7 Å². The zero-order valence-corrected chi connectivity index (χ0v) is 14.3. The summed E-state index contributed by atoms with van der Waals surface area (Å²) in [6.07, 6.45) is -0.858. The number of carbonyl (C=O) groups is 2. The lowest BCUT2D eigenvalue weighted by Crippen LogP contribution is -2.55. The molecular formula is C20H19F2NO3. The fourth-order valence-corrected chi connectivity index (χ4v) is 3.41. The molecule has 0 aromatic heterocycles. The quantitative estimate of drug-likeness (QED) is 0.784. The Balaban J connectivity index is 2.07. The number of esters is 1. The second kappa shape index (κ2) is 7.23. The van der Waals surface area contributed by atoms with Gasteiger partial charge in [0, 0.05) is 13.0 Å². The number of likely N-dealkylation sites (tertiary alicyclic amines) is 1. The molecule has 1 fully saturated rings. The van der Waals surface area contributed by atoms with Crippen molar-refractivity contribution < 1.29 is 23.1 Å². The Morgan fingerprint density at radius 1 is 1.12 bits per heavy atom. The van der Waals surface area contributed by atoms with Crippen molar-refractivity contribution in [3.63, 3.8) is 0 Å². The summed E-state index contributed by atoms with van der Waals surface area (Å²) in [4.78, 5) is 25.9. The van der Waals surface area contributed by atoms with Crippen molar-refractivity contribution in [3.05, 3.63) is 71.8 Å². The highest BCUT2D eigenvalue weighted by Crippen LogP contribution is 2.44. The highest BCUT2D eigenvalue weighted by Gasteiger charge is 2.55. The standard InChI is InChI=1S/C20H19F2NO3/c1-26-18(24)16-12-20(21,22)19(25)23(13-14-8-4-2-5-9-14)17(16)15-10-6-3-7-11-15/h2-11,16-17H,12-13H2,1H3/t16-,17+/m0/s1. The number of halogens is 2. The van der Waals surface area contributed by atoms with Crippen LogP contribution in [0.1, 0.15) is 23.6 Å². The molecule has 26 heavy (non-hydrogen) atoms. The Morgan fingerprint density at radius 2 is 1.69 bits per heavy atom. The fraction of sp³-hybridized carbons (Fsp3) is 0.300. The van der Waals surface area contributed by atoms with E-state index in [1.165, 1.54) is 7.11 Å². The summed E-state index contributed by atoms with van der Waals surface area (Å²) in [6.45, 7) is -0.0116. The van der Waals surface area contributed by atoms with Gasteiger partial charge in [-0.25, -0.2) is 0 Å². The number of hydrogen-bond acceptors (Lipinski definition) is 3. The number of nitrogens with zero attached hydrogens (tertiary/aromatic N) is 1. The Morgan fingerprint density at radius 3 is 2.27 bits per heavy atom. The van der Waals surface area contributed by atoms with Crippen LogP contribution in [0.2, 0.25) is 0 Å². The maximum atomic E-state index is 14.4. The molecule has 0 radical (unpaired) electrons. The molecule has 4 nitrogen and oxygen atoms in total. The minimum absolute atomic E-state index is 0.0116. The van der Waals surface area contributed by atoms with E-state index in [4.69, 9.17) is 4.74 Å². The zero-order chi connectivity index (χ0) is 18.7. The van der Waals surface area contributed by atoms with Gasteiger partial charge in [-0.3, -0.25) is 9.59 Å². The summed E-state index contributed by atoms with van der Waals surface area (Å²) >= 11 is 0. The summed E-state index contributed by atoms with van der Waals surface area (Å²) in [7, 11) is 1.17. The van der Waals surface area contributed by atoms with E-state index in [1.807, 2.05) is 6.07 Å². The number of alkyl halides is 2. The van der Waals surface area contributed by atoms with Crippen LogP contribution < -0.4 is 0 Å². The molecule has 2 aromatic carbocycles. The second-order valence-electron chi connectivity index (χ2n) is 6.31. The Labute approximate surface area is 150 Å². The first kappa shape index (κ1) is 18.0. The lowest BCUT2D eigenvalue weighted by Gasteiger charge is -2.43. The van der Waals surface area contributed by atoms with Crippen molar-refractivity contribution in [1.29, 1.82) is 0 Å². The number of hydrogen-bond donors (Lipinski definition) is 0. The van der Waals surface area contributed by atoms with Gasteiger partial charge in [0.25, 0.3) is 5.91 Å². The highest BCUT2D eigenvalue weighted by molar-refractivity contribution is 5.88. The van der Waals surface area contributed by atoms with Crippen molar-refractivity contribution in [1.82, 2.24) is 4.90 Å². The molecule has 0 bridgehead atoms. The van der Waals surface area contributed by atoms with Gasteiger partial charge in [0.2, 0.25) is 0 Å². The molecule has 2 atom stereocenters. The van der Waals surface area contributed by atoms with Gasteiger partial charge >= 0.3 is 11.9 Å². The van der Waals surface area contributed by atoms with Gasteiger partial charge in [-0.05, 0) is 11.1 Å². The number of piperidine rings is 1. The average Bonchev–Trinajstić information content (AvgIpc) is 2.66. The molecule has 0 saturated carbocycles.